The van der Waals surface area contributed by atoms with Gasteiger partial charge >= 0.3 is 12.2 Å². The van der Waals surface area contributed by atoms with Crippen LogP contribution in [0.3, 0.4) is 0 Å². The molecule has 2 bridgehead atoms. The molecule has 3 N–H and O–H groups in total. The van der Waals surface area contributed by atoms with Gasteiger partial charge in [-0.15, -0.1) is 4.98 Å². The zero-order chi connectivity index (χ0) is 24.4. The summed E-state index contributed by atoms with van der Waals surface area (Å²) in [7, 11) is 0. The number of aliphatic hydroxyl groups is 1. The van der Waals surface area contributed by atoms with E-state index in [2.05, 4.69) is 15.0 Å². The Morgan fingerprint density at radius 2 is 1.97 bits per heavy atom. The summed E-state index contributed by atoms with van der Waals surface area (Å²) in [6, 6.07) is 6.20. The van der Waals surface area contributed by atoms with E-state index in [1.165, 1.54) is 0 Å². The molecule has 2 aromatic heterocycles. The molecule has 3 aliphatic heterocycles. The van der Waals surface area contributed by atoms with Crippen LogP contribution < -0.4 is 9.72 Å². The van der Waals surface area contributed by atoms with Crippen molar-refractivity contribution in [3.8, 4) is 16.9 Å². The van der Waals surface area contributed by atoms with Crippen LogP contribution in [0.25, 0.3) is 22.3 Å². The van der Waals surface area contributed by atoms with Gasteiger partial charge in [0.2, 0.25) is 0 Å². The average Bonchev–Trinajstić information content (AvgIpc) is 3.32. The topological polar surface area (TPSA) is 95.8 Å². The van der Waals surface area contributed by atoms with Gasteiger partial charge in [-0.3, -0.25) is 4.98 Å². The van der Waals surface area contributed by atoms with E-state index in [1.54, 1.807) is 22.3 Å². The van der Waals surface area contributed by atoms with Crippen molar-refractivity contribution in [1.82, 2.24) is 19.8 Å². The lowest BCUT2D eigenvalue weighted by Gasteiger charge is -2.45. The Bertz CT molecular complexity index is 1280. The monoisotopic (exact) mass is 488 g/mol. The zero-order valence-corrected chi connectivity index (χ0v) is 18.8. The van der Waals surface area contributed by atoms with Crippen molar-refractivity contribution >= 4 is 17.2 Å². The number of hydrogen-bond acceptors (Lipinski definition) is 4. The molecular formula is C24H25F3N5O3+. The van der Waals surface area contributed by atoms with Crippen molar-refractivity contribution in [2.75, 3.05) is 13.2 Å². The molecule has 2 amide bonds. The number of urea groups is 1. The van der Waals surface area contributed by atoms with Crippen molar-refractivity contribution in [2.24, 2.45) is 0 Å². The van der Waals surface area contributed by atoms with Crippen molar-refractivity contribution in [3.05, 3.63) is 42.4 Å². The molecule has 1 aromatic carbocycles. The number of ether oxygens (including phenoxy) is 1. The molecule has 3 aliphatic rings. The number of H-pyrrole nitrogens is 2. The van der Waals surface area contributed by atoms with Gasteiger partial charge in [0.1, 0.15) is 18.6 Å². The van der Waals surface area contributed by atoms with E-state index >= 15 is 0 Å². The van der Waals surface area contributed by atoms with E-state index in [9.17, 15) is 23.1 Å². The summed E-state index contributed by atoms with van der Waals surface area (Å²) in [5.41, 5.74) is 1.52. The van der Waals surface area contributed by atoms with Crippen LogP contribution in [-0.2, 0) is 6.54 Å². The maximum Gasteiger partial charge on any atom is 0.417 e. The Morgan fingerprint density at radius 3 is 2.71 bits per heavy atom. The number of imidazole rings is 1. The van der Waals surface area contributed by atoms with Crippen LogP contribution >= 0.6 is 0 Å². The third-order valence-corrected chi connectivity index (χ3v) is 7.48. The lowest BCUT2D eigenvalue weighted by Crippen LogP contribution is -2.60. The number of hydrogen-bond donors (Lipinski definition) is 2. The molecule has 0 saturated carbocycles. The molecule has 35 heavy (non-hydrogen) atoms. The van der Waals surface area contributed by atoms with Crippen molar-refractivity contribution in [1.29, 1.82) is 0 Å². The lowest BCUT2D eigenvalue weighted by atomic mass is 9.85. The highest BCUT2D eigenvalue weighted by Gasteiger charge is 2.61. The van der Waals surface area contributed by atoms with Gasteiger partial charge in [-0.1, -0.05) is 6.07 Å². The summed E-state index contributed by atoms with van der Waals surface area (Å²) < 4.78 is 46.3. The molecule has 2 unspecified atom stereocenters. The Morgan fingerprint density at radius 1 is 1.20 bits per heavy atom. The van der Waals surface area contributed by atoms with Crippen LogP contribution in [0.4, 0.5) is 18.0 Å². The zero-order valence-electron chi connectivity index (χ0n) is 18.8. The number of aromatic nitrogens is 3. The highest BCUT2D eigenvalue weighted by atomic mass is 19.4. The number of nitrogens with zero attached hydrogens (tertiary/aromatic N) is 3. The number of benzene rings is 1. The van der Waals surface area contributed by atoms with Crippen LogP contribution in [0.15, 0.2) is 36.8 Å². The quantitative estimate of drug-likeness (QED) is 0.550. The van der Waals surface area contributed by atoms with Crippen LogP contribution in [0.1, 0.15) is 31.2 Å². The summed E-state index contributed by atoms with van der Waals surface area (Å²) in [6.45, 7) is 0.904. The second-order valence-electron chi connectivity index (χ2n) is 9.66. The predicted octanol–water partition coefficient (Wildman–Crippen LogP) is 3.28. The van der Waals surface area contributed by atoms with Gasteiger partial charge in [0.25, 0.3) is 5.65 Å². The Kier molecular flexibility index (Phi) is 4.96. The fourth-order valence-electron chi connectivity index (χ4n) is 5.70. The number of carbonyl (C=O) groups excluding carboxylic acids is 1. The number of nitrogens with one attached hydrogen (secondary N) is 2. The number of alkyl halides is 3. The maximum absolute atomic E-state index is 13.5. The van der Waals surface area contributed by atoms with Gasteiger partial charge in [-0.2, -0.15) is 13.2 Å². The van der Waals surface area contributed by atoms with Gasteiger partial charge in [0.05, 0.1) is 13.1 Å². The van der Waals surface area contributed by atoms with Crippen molar-refractivity contribution < 1.29 is 32.8 Å². The normalized spacial score (nSPS) is 26.4. The summed E-state index contributed by atoms with van der Waals surface area (Å²) in [5, 5.41) is 10.3. The summed E-state index contributed by atoms with van der Waals surface area (Å²) in [4.78, 5) is 27.3. The number of amides is 2. The molecule has 0 radical (unpaired) electrons. The van der Waals surface area contributed by atoms with Crippen molar-refractivity contribution in [2.45, 2.75) is 56.1 Å². The van der Waals surface area contributed by atoms with Gasteiger partial charge in [0.15, 0.2) is 17.4 Å². The van der Waals surface area contributed by atoms with Crippen molar-refractivity contribution in [3.63, 3.8) is 0 Å². The smallest absolute Gasteiger partial charge is 0.417 e. The number of carbonyl (C=O) groups is 1. The minimum atomic E-state index is -4.70. The molecule has 0 aliphatic carbocycles. The maximum atomic E-state index is 13.5. The number of halogens is 3. The molecule has 0 spiro atoms. The molecule has 6 rings (SSSR count). The number of piperidine rings is 1. The number of fused-ring (bicyclic) bond motifs is 4. The molecule has 11 heteroatoms. The molecular weight excluding hydrogens is 463 g/mol. The fourth-order valence-corrected chi connectivity index (χ4v) is 5.70. The largest absolute Gasteiger partial charge is 0.491 e. The predicted molar refractivity (Wildman–Crippen MR) is 118 cm³/mol. The van der Waals surface area contributed by atoms with Crippen LogP contribution in [0.2, 0.25) is 0 Å². The molecule has 3 aromatic rings. The Hall–Kier alpha value is -3.34. The molecule has 2 fully saturated rings. The molecule has 5 heterocycles. The molecule has 8 nitrogen and oxygen atoms in total. The number of rotatable bonds is 1. The van der Waals surface area contributed by atoms with Gasteiger partial charge in [0, 0.05) is 36.1 Å². The van der Waals surface area contributed by atoms with E-state index in [0.29, 0.717) is 31.7 Å². The second kappa shape index (κ2) is 7.84. The van der Waals surface area contributed by atoms with Gasteiger partial charge < -0.3 is 19.6 Å². The lowest BCUT2D eigenvalue weighted by molar-refractivity contribution is -0.347. The first-order chi connectivity index (χ1) is 16.7. The van der Waals surface area contributed by atoms with E-state index in [-0.39, 0.29) is 12.6 Å². The second-order valence-corrected chi connectivity index (χ2v) is 9.66. The minimum Gasteiger partial charge on any atom is -0.491 e. The third kappa shape index (κ3) is 3.69. The summed E-state index contributed by atoms with van der Waals surface area (Å²) in [5.74, 6) is 0.680. The standard InChI is InChI=1S/C24H24F3N5O3/c25-24(26,27)23(34)9-17-2-3-18(10-23)32(17)22(33)31-5-6-35-20-4-1-14(7-16(20)12-31)15-8-19-21(28-11-15)30-13-29-19/h1,4,7-8,11,13,17-18,34H,2-3,5-6,9-10,12H2,(H,28,29,30)/p+1. The SMILES string of the molecule is O=C(N1CCOc2ccc(-c3cnc4[nH+]c[nH]c4c3)cc2C1)N1C2CCC1CC(O)(C(F)(F)F)C2. The Labute approximate surface area is 198 Å². The van der Waals surface area contributed by atoms with Crippen LogP contribution in [0.5, 0.6) is 5.75 Å². The first-order valence-electron chi connectivity index (χ1n) is 11.7. The third-order valence-electron chi connectivity index (χ3n) is 7.48. The van der Waals surface area contributed by atoms with Gasteiger partial charge in [-0.05, 0) is 36.6 Å². The fraction of sp³-hybridized carbons (Fsp3) is 0.458. The first-order valence-corrected chi connectivity index (χ1v) is 11.7. The number of aromatic amines is 2. The average molecular weight is 488 g/mol. The van der Waals surface area contributed by atoms with E-state index in [4.69, 9.17) is 4.74 Å². The summed E-state index contributed by atoms with van der Waals surface area (Å²) in [6.07, 6.45) is -1.26. The summed E-state index contributed by atoms with van der Waals surface area (Å²) >= 11 is 0. The first kappa shape index (κ1) is 22.1. The molecule has 184 valence electrons. The van der Waals surface area contributed by atoms with Crippen LogP contribution in [0, 0.1) is 0 Å². The van der Waals surface area contributed by atoms with Crippen LogP contribution in [-0.4, -0.2) is 67.9 Å². The van der Waals surface area contributed by atoms with E-state index in [0.717, 1.165) is 27.9 Å². The Balaban J connectivity index is 1.25. The van der Waals surface area contributed by atoms with E-state index < -0.39 is 36.7 Å². The highest BCUT2D eigenvalue weighted by Crippen LogP contribution is 2.48. The molecule has 2 saturated heterocycles. The number of pyridine rings is 1. The van der Waals surface area contributed by atoms with Gasteiger partial charge in [-0.25, -0.2) is 9.78 Å². The van der Waals surface area contributed by atoms with E-state index in [1.807, 2.05) is 24.3 Å². The highest BCUT2D eigenvalue weighted by molar-refractivity contribution is 5.78. The minimum absolute atomic E-state index is 0.285. The molecule has 2 atom stereocenters.